The fourth-order valence-corrected chi connectivity index (χ4v) is 3.76. The summed E-state index contributed by atoms with van der Waals surface area (Å²) in [5.41, 5.74) is 6.98. The molecule has 1 saturated heterocycles. The predicted octanol–water partition coefficient (Wildman–Crippen LogP) is 2.49. The summed E-state index contributed by atoms with van der Waals surface area (Å²) in [6.45, 7) is 0. The van der Waals surface area contributed by atoms with E-state index >= 15 is 0 Å². The Balaban J connectivity index is 1.55. The topological polar surface area (TPSA) is 36.5 Å². The first-order valence-electron chi connectivity index (χ1n) is 7.02. The third-order valence-corrected chi connectivity index (χ3v) is 4.80. The van der Waals surface area contributed by atoms with Gasteiger partial charge in [-0.3, -0.25) is 4.84 Å². The van der Waals surface area contributed by atoms with Crippen molar-refractivity contribution in [1.29, 1.82) is 0 Å². The van der Waals surface area contributed by atoms with Crippen LogP contribution >= 0.6 is 0 Å². The summed E-state index contributed by atoms with van der Waals surface area (Å²) < 4.78 is 13.0. The smallest absolute Gasteiger partial charge is 0.163 e. The second-order valence-electron chi connectivity index (χ2n) is 5.93. The molecule has 3 saturated carbocycles. The van der Waals surface area contributed by atoms with Gasteiger partial charge in [-0.1, -0.05) is 5.59 Å². The maximum Gasteiger partial charge on any atom is 0.163 e. The standard InChI is InChI=1S/C14H18FN3O/c15-12-5-7-13(8-6-12)18-16-14(19-17-18)9-10-1-3-11(14)4-2-10/h5-8,10-11,16-17H,1-4,9H2. The fourth-order valence-electron chi connectivity index (χ4n) is 3.76. The van der Waals surface area contributed by atoms with E-state index in [1.807, 2.05) is 0 Å². The van der Waals surface area contributed by atoms with Gasteiger partial charge in [0.1, 0.15) is 5.82 Å². The molecule has 4 aliphatic rings. The van der Waals surface area contributed by atoms with E-state index in [9.17, 15) is 4.39 Å². The minimum Gasteiger partial charge on any atom is -0.257 e. The monoisotopic (exact) mass is 263 g/mol. The molecular weight excluding hydrogens is 245 g/mol. The molecule has 4 fully saturated rings. The van der Waals surface area contributed by atoms with E-state index in [0.717, 1.165) is 18.0 Å². The number of nitrogens with zero attached hydrogens (tertiary/aromatic N) is 1. The second kappa shape index (κ2) is 4.16. The quantitative estimate of drug-likeness (QED) is 0.816. The van der Waals surface area contributed by atoms with Gasteiger partial charge in [-0.2, -0.15) is 5.43 Å². The van der Waals surface area contributed by atoms with Crippen LogP contribution in [0.3, 0.4) is 0 Å². The van der Waals surface area contributed by atoms with Gasteiger partial charge in [0.15, 0.2) is 5.72 Å². The van der Waals surface area contributed by atoms with Crippen molar-refractivity contribution in [1.82, 2.24) is 11.0 Å². The summed E-state index contributed by atoms with van der Waals surface area (Å²) in [6, 6.07) is 6.38. The molecule has 3 aliphatic carbocycles. The molecule has 0 aromatic heterocycles. The zero-order valence-corrected chi connectivity index (χ0v) is 10.7. The fraction of sp³-hybridized carbons (Fsp3) is 0.571. The number of hydrazine groups is 2. The van der Waals surface area contributed by atoms with Gasteiger partial charge in [-0.15, -0.1) is 0 Å². The first-order valence-corrected chi connectivity index (χ1v) is 7.02. The molecular formula is C14H18FN3O. The Labute approximate surface area is 111 Å². The molecule has 0 radical (unpaired) electrons. The van der Waals surface area contributed by atoms with E-state index in [-0.39, 0.29) is 11.5 Å². The van der Waals surface area contributed by atoms with Crippen molar-refractivity contribution in [3.8, 4) is 0 Å². The van der Waals surface area contributed by atoms with Crippen molar-refractivity contribution in [3.05, 3.63) is 30.1 Å². The number of rotatable bonds is 1. The highest BCUT2D eigenvalue weighted by molar-refractivity contribution is 5.44. The molecule has 2 N–H and O–H groups in total. The molecule has 5 heteroatoms. The maximum absolute atomic E-state index is 13.0. The Morgan fingerprint density at radius 3 is 2.53 bits per heavy atom. The van der Waals surface area contributed by atoms with Crippen LogP contribution in [0.15, 0.2) is 24.3 Å². The molecule has 1 spiro atoms. The second-order valence-corrected chi connectivity index (χ2v) is 5.93. The summed E-state index contributed by atoms with van der Waals surface area (Å²) in [5, 5.41) is 1.76. The molecule has 0 amide bonds. The van der Waals surface area contributed by atoms with E-state index in [2.05, 4.69) is 11.0 Å². The lowest BCUT2D eigenvalue weighted by Gasteiger charge is -2.47. The van der Waals surface area contributed by atoms with Crippen LogP contribution in [0.5, 0.6) is 0 Å². The lowest BCUT2D eigenvalue weighted by atomic mass is 9.66. The summed E-state index contributed by atoms with van der Waals surface area (Å²) >= 11 is 0. The van der Waals surface area contributed by atoms with E-state index in [4.69, 9.17) is 4.84 Å². The SMILES string of the molecule is Fc1ccc(N2NOC3(CC4CCC3CC4)N2)cc1. The number of benzene rings is 1. The van der Waals surface area contributed by atoms with Crippen LogP contribution in [0.1, 0.15) is 32.1 Å². The van der Waals surface area contributed by atoms with E-state index in [1.54, 1.807) is 17.3 Å². The van der Waals surface area contributed by atoms with Crippen LogP contribution in [-0.2, 0) is 4.84 Å². The van der Waals surface area contributed by atoms with Crippen LogP contribution < -0.4 is 16.1 Å². The van der Waals surface area contributed by atoms with Crippen LogP contribution in [0.25, 0.3) is 0 Å². The lowest BCUT2D eigenvalue weighted by molar-refractivity contribution is -0.153. The Hall–Kier alpha value is -1.17. The highest BCUT2D eigenvalue weighted by Crippen LogP contribution is 2.48. The Bertz CT molecular complexity index is 472. The minimum atomic E-state index is -0.268. The molecule has 5 rings (SSSR count). The summed E-state index contributed by atoms with van der Waals surface area (Å²) in [5.74, 6) is 1.11. The molecule has 1 aliphatic heterocycles. The molecule has 102 valence electrons. The van der Waals surface area contributed by atoms with Crippen LogP contribution in [0, 0.1) is 17.7 Å². The normalized spacial score (nSPS) is 37.2. The Morgan fingerprint density at radius 1 is 1.16 bits per heavy atom. The highest BCUT2D eigenvalue weighted by Gasteiger charge is 2.53. The van der Waals surface area contributed by atoms with Crippen LogP contribution in [0.2, 0.25) is 0 Å². The molecule has 1 heterocycles. The van der Waals surface area contributed by atoms with Crippen LogP contribution in [0.4, 0.5) is 10.1 Å². The number of halogens is 1. The first kappa shape index (κ1) is 11.6. The summed E-state index contributed by atoms with van der Waals surface area (Å²) in [4.78, 5) is 5.88. The minimum absolute atomic E-state index is 0.227. The van der Waals surface area contributed by atoms with Crippen molar-refractivity contribution in [3.63, 3.8) is 0 Å². The van der Waals surface area contributed by atoms with E-state index < -0.39 is 0 Å². The number of fused-ring (bicyclic) bond motifs is 2. The first-order chi connectivity index (χ1) is 9.25. The van der Waals surface area contributed by atoms with Crippen molar-refractivity contribution in [2.24, 2.45) is 11.8 Å². The average Bonchev–Trinajstić information content (AvgIpc) is 2.85. The Morgan fingerprint density at radius 2 is 1.89 bits per heavy atom. The summed E-state index contributed by atoms with van der Waals surface area (Å²) in [7, 11) is 0. The van der Waals surface area contributed by atoms with Crippen molar-refractivity contribution in [2.75, 3.05) is 5.12 Å². The number of hydrogen-bond donors (Lipinski definition) is 2. The van der Waals surface area contributed by atoms with Gasteiger partial charge >= 0.3 is 0 Å². The average molecular weight is 263 g/mol. The van der Waals surface area contributed by atoms with Gasteiger partial charge < -0.3 is 0 Å². The molecule has 19 heavy (non-hydrogen) atoms. The molecule has 1 unspecified atom stereocenters. The third kappa shape index (κ3) is 1.84. The van der Waals surface area contributed by atoms with Gasteiger partial charge in [-0.25, -0.2) is 9.51 Å². The van der Waals surface area contributed by atoms with Gasteiger partial charge in [-0.05, 0) is 62.3 Å². The third-order valence-electron chi connectivity index (χ3n) is 4.80. The number of nitrogens with one attached hydrogen (secondary N) is 2. The van der Waals surface area contributed by atoms with Gasteiger partial charge in [0.2, 0.25) is 0 Å². The van der Waals surface area contributed by atoms with Gasteiger partial charge in [0, 0.05) is 5.92 Å². The highest BCUT2D eigenvalue weighted by atomic mass is 19.1. The molecule has 1 aromatic carbocycles. The zero-order valence-electron chi connectivity index (χ0n) is 10.7. The van der Waals surface area contributed by atoms with E-state index in [1.165, 1.54) is 37.8 Å². The lowest BCUT2D eigenvalue weighted by Crippen LogP contribution is -2.57. The summed E-state index contributed by atoms with van der Waals surface area (Å²) in [6.07, 6.45) is 6.18. The predicted molar refractivity (Wildman–Crippen MR) is 69.0 cm³/mol. The largest absolute Gasteiger partial charge is 0.257 e. The maximum atomic E-state index is 13.0. The van der Waals surface area contributed by atoms with Crippen LogP contribution in [-0.4, -0.2) is 5.72 Å². The molecule has 4 nitrogen and oxygen atoms in total. The zero-order chi connectivity index (χ0) is 12.9. The van der Waals surface area contributed by atoms with Gasteiger partial charge in [0.05, 0.1) is 5.69 Å². The Kier molecular flexibility index (Phi) is 2.55. The van der Waals surface area contributed by atoms with Crippen molar-refractivity contribution >= 4 is 5.69 Å². The van der Waals surface area contributed by atoms with E-state index in [0.29, 0.717) is 5.92 Å². The molecule has 2 bridgehead atoms. The number of hydrogen-bond acceptors (Lipinski definition) is 4. The van der Waals surface area contributed by atoms with Crippen molar-refractivity contribution < 1.29 is 9.23 Å². The number of anilines is 1. The van der Waals surface area contributed by atoms with Crippen molar-refractivity contribution in [2.45, 2.75) is 37.8 Å². The molecule has 1 aromatic rings. The molecule has 1 atom stereocenters. The van der Waals surface area contributed by atoms with Gasteiger partial charge in [0.25, 0.3) is 0 Å².